The topological polar surface area (TPSA) is 76.1 Å². The van der Waals surface area contributed by atoms with Gasteiger partial charge in [-0.25, -0.2) is 13.4 Å². The first-order valence-corrected chi connectivity index (χ1v) is 11.3. The van der Waals surface area contributed by atoms with Crippen LogP contribution in [0.1, 0.15) is 9.67 Å². The van der Waals surface area contributed by atoms with Crippen molar-refractivity contribution in [1.82, 2.24) is 4.98 Å². The Morgan fingerprint density at radius 1 is 1.12 bits per heavy atom. The Bertz CT molecular complexity index is 1280. The van der Waals surface area contributed by atoms with Gasteiger partial charge in [0.25, 0.3) is 5.91 Å². The molecule has 2 aromatic heterocycles. The lowest BCUT2D eigenvalue weighted by Crippen LogP contribution is -2.10. The molecule has 2 aromatic carbocycles. The summed E-state index contributed by atoms with van der Waals surface area (Å²) in [7, 11) is -3.30. The van der Waals surface area contributed by atoms with Gasteiger partial charge in [-0.1, -0.05) is 41.1 Å². The molecule has 9 heteroatoms. The van der Waals surface area contributed by atoms with Crippen LogP contribution in [0.5, 0.6) is 0 Å². The van der Waals surface area contributed by atoms with Crippen molar-refractivity contribution >= 4 is 75.5 Å². The zero-order valence-electron chi connectivity index (χ0n) is 13.3. The number of rotatable bonds is 3. The van der Waals surface area contributed by atoms with E-state index >= 15 is 0 Å². The van der Waals surface area contributed by atoms with Gasteiger partial charge in [-0.15, -0.1) is 11.3 Å². The summed E-state index contributed by atoms with van der Waals surface area (Å²) in [6.07, 6.45) is 1.15. The average molecular weight is 423 g/mol. The number of anilines is 1. The summed E-state index contributed by atoms with van der Waals surface area (Å²) in [6.45, 7) is 0. The lowest BCUT2D eigenvalue weighted by molar-refractivity contribution is 0.103. The standard InChI is InChI=1S/C17H11ClN2O3S3/c1-26(22,23)9-6-7-11-13(8-9)25-17(19-11)20-16(21)15-14(18)10-4-2-3-5-12(10)24-15/h2-8H,1H3,(H,19,20,21). The smallest absolute Gasteiger partial charge is 0.269 e. The number of carbonyl (C=O) groups is 1. The fourth-order valence-corrected chi connectivity index (χ4v) is 5.54. The normalized spacial score (nSPS) is 11.9. The molecule has 0 atom stereocenters. The summed E-state index contributed by atoms with van der Waals surface area (Å²) < 4.78 is 25.0. The van der Waals surface area contributed by atoms with Crippen LogP contribution in [-0.4, -0.2) is 25.6 Å². The van der Waals surface area contributed by atoms with Crippen LogP contribution < -0.4 is 5.32 Å². The van der Waals surface area contributed by atoms with E-state index in [2.05, 4.69) is 10.3 Å². The maximum Gasteiger partial charge on any atom is 0.269 e. The zero-order chi connectivity index (χ0) is 18.5. The van der Waals surface area contributed by atoms with E-state index in [1.54, 1.807) is 12.1 Å². The van der Waals surface area contributed by atoms with Crippen LogP contribution in [-0.2, 0) is 9.84 Å². The second kappa shape index (κ2) is 6.31. The SMILES string of the molecule is CS(=O)(=O)c1ccc2nc(NC(=O)c3sc4ccccc4c3Cl)sc2c1. The third kappa shape index (κ3) is 3.09. The molecule has 0 bridgehead atoms. The number of thiazole rings is 1. The Morgan fingerprint density at radius 3 is 2.62 bits per heavy atom. The number of nitrogens with one attached hydrogen (secondary N) is 1. The largest absolute Gasteiger partial charge is 0.297 e. The second-order valence-corrected chi connectivity index (χ2v) is 10.1. The van der Waals surface area contributed by atoms with E-state index in [0.29, 0.717) is 25.2 Å². The number of amides is 1. The molecule has 0 unspecified atom stereocenters. The number of benzene rings is 2. The van der Waals surface area contributed by atoms with Gasteiger partial charge in [0.1, 0.15) is 4.88 Å². The van der Waals surface area contributed by atoms with Crippen molar-refractivity contribution in [2.75, 3.05) is 11.6 Å². The van der Waals surface area contributed by atoms with Crippen molar-refractivity contribution < 1.29 is 13.2 Å². The molecular formula is C17H11ClN2O3S3. The van der Waals surface area contributed by atoms with Crippen LogP contribution in [0, 0.1) is 0 Å². The van der Waals surface area contributed by atoms with Crippen molar-refractivity contribution in [3.8, 4) is 0 Å². The van der Waals surface area contributed by atoms with Gasteiger partial charge in [-0.3, -0.25) is 10.1 Å². The maximum atomic E-state index is 12.6. The van der Waals surface area contributed by atoms with Crippen LogP contribution >= 0.6 is 34.3 Å². The summed E-state index contributed by atoms with van der Waals surface area (Å²) in [5, 5.41) is 4.40. The molecule has 0 aliphatic rings. The molecule has 0 saturated carbocycles. The average Bonchev–Trinajstić information content (AvgIpc) is 3.14. The van der Waals surface area contributed by atoms with Gasteiger partial charge in [-0.2, -0.15) is 0 Å². The van der Waals surface area contributed by atoms with Crippen LogP contribution in [0.3, 0.4) is 0 Å². The molecule has 0 radical (unpaired) electrons. The van der Waals surface area contributed by atoms with Gasteiger partial charge >= 0.3 is 0 Å². The first-order chi connectivity index (χ1) is 12.3. The van der Waals surface area contributed by atoms with Gasteiger partial charge < -0.3 is 0 Å². The maximum absolute atomic E-state index is 12.6. The molecule has 0 aliphatic carbocycles. The molecule has 5 nitrogen and oxygen atoms in total. The van der Waals surface area contributed by atoms with Crippen LogP contribution in [0.2, 0.25) is 5.02 Å². The minimum atomic E-state index is -3.30. The zero-order valence-corrected chi connectivity index (χ0v) is 16.5. The monoisotopic (exact) mass is 422 g/mol. The molecule has 1 N–H and O–H groups in total. The molecule has 0 saturated heterocycles. The van der Waals surface area contributed by atoms with Gasteiger partial charge in [0.2, 0.25) is 0 Å². The summed E-state index contributed by atoms with van der Waals surface area (Å²) in [4.78, 5) is 17.6. The van der Waals surface area contributed by atoms with Crippen molar-refractivity contribution in [2.24, 2.45) is 0 Å². The van der Waals surface area contributed by atoms with Gasteiger partial charge in [0.15, 0.2) is 15.0 Å². The molecule has 0 aliphatic heterocycles. The Balaban J connectivity index is 1.67. The number of fused-ring (bicyclic) bond motifs is 2. The van der Waals surface area contributed by atoms with E-state index < -0.39 is 9.84 Å². The van der Waals surface area contributed by atoms with E-state index in [9.17, 15) is 13.2 Å². The van der Waals surface area contributed by atoms with Gasteiger partial charge in [-0.05, 0) is 24.3 Å². The molecule has 4 aromatic rings. The van der Waals surface area contributed by atoms with E-state index in [1.807, 2.05) is 24.3 Å². The highest BCUT2D eigenvalue weighted by Crippen LogP contribution is 2.36. The molecule has 1 amide bonds. The molecule has 0 fully saturated rings. The summed E-state index contributed by atoms with van der Waals surface area (Å²) in [5.74, 6) is -0.335. The predicted octanol–water partition coefficient (Wildman–Crippen LogP) is 4.82. The highest BCUT2D eigenvalue weighted by atomic mass is 35.5. The number of nitrogens with zero attached hydrogens (tertiary/aromatic N) is 1. The highest BCUT2D eigenvalue weighted by molar-refractivity contribution is 7.90. The Hall–Kier alpha value is -2.00. The number of sulfone groups is 1. The first kappa shape index (κ1) is 17.4. The summed E-state index contributed by atoms with van der Waals surface area (Å²) >= 11 is 8.87. The van der Waals surface area contributed by atoms with Crippen molar-refractivity contribution in [3.63, 3.8) is 0 Å². The van der Waals surface area contributed by atoms with Gasteiger partial charge in [0, 0.05) is 16.3 Å². The molecule has 132 valence electrons. The van der Waals surface area contributed by atoms with Gasteiger partial charge in [0.05, 0.1) is 20.1 Å². The van der Waals surface area contributed by atoms with E-state index in [-0.39, 0.29) is 10.8 Å². The number of halogens is 1. The Morgan fingerprint density at radius 2 is 1.88 bits per heavy atom. The molecule has 4 rings (SSSR count). The van der Waals surface area contributed by atoms with Crippen molar-refractivity contribution in [2.45, 2.75) is 4.90 Å². The van der Waals surface area contributed by atoms with Crippen molar-refractivity contribution in [1.29, 1.82) is 0 Å². The van der Waals surface area contributed by atoms with E-state index in [0.717, 1.165) is 16.3 Å². The quantitative estimate of drug-likeness (QED) is 0.513. The number of hydrogen-bond donors (Lipinski definition) is 1. The third-order valence-electron chi connectivity index (χ3n) is 3.75. The number of hydrogen-bond acceptors (Lipinski definition) is 6. The van der Waals surface area contributed by atoms with Crippen LogP contribution in [0.4, 0.5) is 5.13 Å². The second-order valence-electron chi connectivity index (χ2n) is 5.62. The molecule has 26 heavy (non-hydrogen) atoms. The van der Waals surface area contributed by atoms with Crippen LogP contribution in [0.15, 0.2) is 47.4 Å². The van der Waals surface area contributed by atoms with Crippen molar-refractivity contribution in [3.05, 3.63) is 52.4 Å². The Kier molecular flexibility index (Phi) is 4.23. The first-order valence-electron chi connectivity index (χ1n) is 7.42. The van der Waals surface area contributed by atoms with E-state index in [4.69, 9.17) is 11.6 Å². The lowest BCUT2D eigenvalue weighted by Gasteiger charge is -1.98. The predicted molar refractivity (Wildman–Crippen MR) is 108 cm³/mol. The summed E-state index contributed by atoms with van der Waals surface area (Å²) in [5.41, 5.74) is 0.625. The number of aromatic nitrogens is 1. The van der Waals surface area contributed by atoms with E-state index in [1.165, 1.54) is 28.7 Å². The molecule has 0 spiro atoms. The molecular weight excluding hydrogens is 412 g/mol. The number of thiophene rings is 1. The minimum Gasteiger partial charge on any atom is -0.297 e. The molecule has 2 heterocycles. The van der Waals surface area contributed by atoms with Crippen LogP contribution in [0.25, 0.3) is 20.3 Å². The lowest BCUT2D eigenvalue weighted by atomic mass is 10.2. The highest BCUT2D eigenvalue weighted by Gasteiger charge is 2.18. The Labute approximate surface area is 162 Å². The summed E-state index contributed by atoms with van der Waals surface area (Å²) in [6, 6.07) is 12.2. The fraction of sp³-hybridized carbons (Fsp3) is 0.0588. The third-order valence-corrected chi connectivity index (χ3v) is 7.47. The number of carbonyl (C=O) groups excluding carboxylic acids is 1. The fourth-order valence-electron chi connectivity index (χ4n) is 2.50. The minimum absolute atomic E-state index is 0.221.